The van der Waals surface area contributed by atoms with E-state index in [0.29, 0.717) is 28.6 Å². The second-order valence-electron chi connectivity index (χ2n) is 5.76. The summed E-state index contributed by atoms with van der Waals surface area (Å²) in [6.45, 7) is 3.31. The first-order valence-electron chi connectivity index (χ1n) is 7.83. The molecule has 144 valence electrons. The van der Waals surface area contributed by atoms with Gasteiger partial charge in [0.1, 0.15) is 5.75 Å². The number of hydrogen-bond acceptors (Lipinski definition) is 5. The van der Waals surface area contributed by atoms with E-state index >= 15 is 0 Å². The molecular weight excluding hydrogens is 389 g/mol. The number of nitrogens with one attached hydrogen (secondary N) is 1. The van der Waals surface area contributed by atoms with Gasteiger partial charge in [-0.15, -0.1) is 24.8 Å². The quantitative estimate of drug-likeness (QED) is 0.491. The fourth-order valence-corrected chi connectivity index (χ4v) is 2.82. The number of amides is 1. The number of methoxy groups -OCH3 is 1. The summed E-state index contributed by atoms with van der Waals surface area (Å²) in [4.78, 5) is 14.5. The second-order valence-corrected chi connectivity index (χ2v) is 6.16. The molecule has 1 aromatic rings. The molecule has 0 saturated carbocycles. The molecule has 0 unspecified atom stereocenters. The van der Waals surface area contributed by atoms with E-state index in [9.17, 15) is 9.90 Å². The van der Waals surface area contributed by atoms with Crippen LogP contribution in [0.2, 0.25) is 5.02 Å². The smallest absolute Gasteiger partial charge is 0.255 e. The highest BCUT2D eigenvalue weighted by molar-refractivity contribution is 6.33. The fraction of sp³-hybridized carbons (Fsp3) is 0.562. The Morgan fingerprint density at radius 1 is 1.40 bits per heavy atom. The minimum Gasteiger partial charge on any atom is -0.496 e. The van der Waals surface area contributed by atoms with Gasteiger partial charge in [-0.3, -0.25) is 4.79 Å². The van der Waals surface area contributed by atoms with Gasteiger partial charge in [0.05, 0.1) is 29.5 Å². The third-order valence-corrected chi connectivity index (χ3v) is 4.38. The SMILES string of the molecule is COc1cc(N)c(Cl)cc1C(=O)NCCCN1CCC(O)CC1.Cl.Cl. The van der Waals surface area contributed by atoms with Crippen molar-refractivity contribution in [3.05, 3.63) is 22.7 Å². The number of aliphatic hydroxyl groups excluding tert-OH is 1. The monoisotopic (exact) mass is 413 g/mol. The van der Waals surface area contributed by atoms with E-state index in [1.807, 2.05) is 0 Å². The number of halogens is 3. The average Bonchev–Trinajstić information content (AvgIpc) is 2.55. The molecule has 2 rings (SSSR count). The number of nitrogen functional groups attached to an aromatic ring is 1. The topological polar surface area (TPSA) is 87.8 Å². The zero-order valence-corrected chi connectivity index (χ0v) is 16.6. The van der Waals surface area contributed by atoms with Crippen LogP contribution in [-0.2, 0) is 0 Å². The van der Waals surface area contributed by atoms with Gasteiger partial charge >= 0.3 is 0 Å². The van der Waals surface area contributed by atoms with E-state index in [4.69, 9.17) is 22.1 Å². The maximum Gasteiger partial charge on any atom is 0.255 e. The van der Waals surface area contributed by atoms with Crippen molar-refractivity contribution >= 4 is 48.0 Å². The number of hydrogen-bond donors (Lipinski definition) is 3. The highest BCUT2D eigenvalue weighted by atomic mass is 35.5. The minimum absolute atomic E-state index is 0. The molecule has 1 saturated heterocycles. The number of carbonyl (C=O) groups excluding carboxylic acids is 1. The van der Waals surface area contributed by atoms with E-state index in [0.717, 1.165) is 38.9 Å². The Hall–Kier alpha value is -0.920. The summed E-state index contributed by atoms with van der Waals surface area (Å²) >= 11 is 5.97. The number of anilines is 1. The summed E-state index contributed by atoms with van der Waals surface area (Å²) in [6, 6.07) is 3.08. The molecule has 0 bridgehead atoms. The molecule has 25 heavy (non-hydrogen) atoms. The maximum absolute atomic E-state index is 12.2. The first kappa shape index (κ1) is 24.1. The summed E-state index contributed by atoms with van der Waals surface area (Å²) in [6.07, 6.45) is 2.35. The van der Waals surface area contributed by atoms with Gasteiger partial charge in [0, 0.05) is 25.7 Å². The van der Waals surface area contributed by atoms with Crippen molar-refractivity contribution in [3.63, 3.8) is 0 Å². The van der Waals surface area contributed by atoms with Crippen molar-refractivity contribution in [2.45, 2.75) is 25.4 Å². The first-order valence-corrected chi connectivity index (χ1v) is 8.20. The van der Waals surface area contributed by atoms with Crippen molar-refractivity contribution in [3.8, 4) is 5.75 Å². The van der Waals surface area contributed by atoms with Gasteiger partial charge in [-0.25, -0.2) is 0 Å². The van der Waals surface area contributed by atoms with Crippen LogP contribution >= 0.6 is 36.4 Å². The average molecular weight is 415 g/mol. The van der Waals surface area contributed by atoms with Crippen molar-refractivity contribution in [2.24, 2.45) is 0 Å². The number of carbonyl (C=O) groups is 1. The molecule has 9 heteroatoms. The van der Waals surface area contributed by atoms with Gasteiger partial charge in [-0.1, -0.05) is 11.6 Å². The molecule has 0 radical (unpaired) electrons. The van der Waals surface area contributed by atoms with Crippen molar-refractivity contribution in [1.29, 1.82) is 0 Å². The van der Waals surface area contributed by atoms with Crippen LogP contribution in [-0.4, -0.2) is 55.3 Å². The molecule has 0 atom stereocenters. The van der Waals surface area contributed by atoms with Crippen molar-refractivity contribution < 1.29 is 14.6 Å². The summed E-state index contributed by atoms with van der Waals surface area (Å²) in [5, 5.41) is 12.7. The number of ether oxygens (including phenoxy) is 1. The zero-order chi connectivity index (χ0) is 16.8. The lowest BCUT2D eigenvalue weighted by Crippen LogP contribution is -2.37. The Labute approximate surface area is 165 Å². The molecule has 1 aliphatic rings. The van der Waals surface area contributed by atoms with Gasteiger partial charge in [-0.2, -0.15) is 0 Å². The van der Waals surface area contributed by atoms with Gasteiger partial charge in [-0.05, 0) is 31.9 Å². The number of rotatable bonds is 6. The van der Waals surface area contributed by atoms with Crippen LogP contribution < -0.4 is 15.8 Å². The van der Waals surface area contributed by atoms with Crippen LogP contribution in [0.15, 0.2) is 12.1 Å². The molecule has 0 aromatic heterocycles. The number of nitrogens with zero attached hydrogens (tertiary/aromatic N) is 1. The van der Waals surface area contributed by atoms with E-state index in [1.165, 1.54) is 13.2 Å². The van der Waals surface area contributed by atoms with E-state index < -0.39 is 0 Å². The van der Waals surface area contributed by atoms with Crippen molar-refractivity contribution in [2.75, 3.05) is 39.0 Å². The normalized spacial score (nSPS) is 15.0. The number of benzene rings is 1. The number of likely N-dealkylation sites (tertiary alicyclic amines) is 1. The first-order chi connectivity index (χ1) is 11.0. The van der Waals surface area contributed by atoms with Crippen LogP contribution in [0.25, 0.3) is 0 Å². The van der Waals surface area contributed by atoms with Crippen LogP contribution in [0.5, 0.6) is 5.75 Å². The molecule has 1 fully saturated rings. The molecule has 0 spiro atoms. The Morgan fingerprint density at radius 2 is 2.04 bits per heavy atom. The lowest BCUT2D eigenvalue weighted by atomic mass is 10.1. The highest BCUT2D eigenvalue weighted by Crippen LogP contribution is 2.28. The standard InChI is InChI=1S/C16H24ClN3O3.2ClH/c1-23-15-10-14(18)13(17)9-12(15)16(22)19-5-2-6-20-7-3-11(21)4-8-20;;/h9-11,21H,2-8,18H2,1H3,(H,19,22);2*1H. The highest BCUT2D eigenvalue weighted by Gasteiger charge is 2.17. The molecule has 6 nitrogen and oxygen atoms in total. The van der Waals surface area contributed by atoms with Gasteiger partial charge in [0.25, 0.3) is 5.91 Å². The summed E-state index contributed by atoms with van der Waals surface area (Å²) in [5.74, 6) is 0.187. The third kappa shape index (κ3) is 7.07. The Kier molecular flexibility index (Phi) is 11.2. The van der Waals surface area contributed by atoms with Crippen molar-refractivity contribution in [1.82, 2.24) is 10.2 Å². The third-order valence-electron chi connectivity index (χ3n) is 4.06. The van der Waals surface area contributed by atoms with Gasteiger partial charge in [0.15, 0.2) is 0 Å². The summed E-state index contributed by atoms with van der Waals surface area (Å²) in [7, 11) is 1.49. The molecule has 4 N–H and O–H groups in total. The Balaban J connectivity index is 0.00000288. The largest absolute Gasteiger partial charge is 0.496 e. The fourth-order valence-electron chi connectivity index (χ4n) is 2.66. The molecule has 1 heterocycles. The number of aliphatic hydroxyl groups is 1. The Morgan fingerprint density at radius 3 is 2.64 bits per heavy atom. The molecule has 1 aliphatic heterocycles. The number of piperidine rings is 1. The van der Waals surface area contributed by atoms with Gasteiger partial charge in [0.2, 0.25) is 0 Å². The second kappa shape index (κ2) is 11.6. The zero-order valence-electron chi connectivity index (χ0n) is 14.2. The van der Waals surface area contributed by atoms with Crippen LogP contribution in [0.1, 0.15) is 29.6 Å². The predicted octanol–water partition coefficient (Wildman–Crippen LogP) is 2.35. The van der Waals surface area contributed by atoms with Gasteiger partial charge < -0.3 is 25.8 Å². The lowest BCUT2D eigenvalue weighted by molar-refractivity contribution is 0.0816. The summed E-state index contributed by atoms with van der Waals surface area (Å²) in [5.41, 5.74) is 6.48. The summed E-state index contributed by atoms with van der Waals surface area (Å²) < 4.78 is 5.18. The molecule has 1 aromatic carbocycles. The molecule has 1 amide bonds. The maximum atomic E-state index is 12.2. The Bertz CT molecular complexity index is 553. The van der Waals surface area contributed by atoms with E-state index in [2.05, 4.69) is 10.2 Å². The molecule has 0 aliphatic carbocycles. The molecular formula is C16H26Cl3N3O3. The minimum atomic E-state index is -0.224. The predicted molar refractivity (Wildman–Crippen MR) is 106 cm³/mol. The van der Waals surface area contributed by atoms with Crippen LogP contribution in [0, 0.1) is 0 Å². The van der Waals surface area contributed by atoms with E-state index in [-0.39, 0.29) is 36.8 Å². The number of nitrogens with two attached hydrogens (primary N) is 1. The van der Waals surface area contributed by atoms with E-state index in [1.54, 1.807) is 6.07 Å². The van der Waals surface area contributed by atoms with Crippen LogP contribution in [0.4, 0.5) is 5.69 Å². The lowest BCUT2D eigenvalue weighted by Gasteiger charge is -2.29. The van der Waals surface area contributed by atoms with Crippen LogP contribution in [0.3, 0.4) is 0 Å².